The van der Waals surface area contributed by atoms with Crippen molar-refractivity contribution in [2.75, 3.05) is 6.61 Å². The Morgan fingerprint density at radius 3 is 2.22 bits per heavy atom. The number of nitrogens with one attached hydrogen (secondary N) is 1. The van der Waals surface area contributed by atoms with E-state index in [2.05, 4.69) is 5.32 Å². The van der Waals surface area contributed by atoms with Crippen LogP contribution in [0.5, 0.6) is 5.75 Å². The molecule has 0 heterocycles. The Hall–Kier alpha value is -2.82. The number of aryl methyl sites for hydroxylation is 1. The molecular formula is C18H19NO4. The Kier molecular flexibility index (Phi) is 6.17. The Bertz CT molecular complexity index is 628. The maximum atomic E-state index is 11.8. The lowest BCUT2D eigenvalue weighted by Gasteiger charge is -2.15. The zero-order valence-corrected chi connectivity index (χ0v) is 12.6. The molecule has 0 aliphatic rings. The summed E-state index contributed by atoms with van der Waals surface area (Å²) in [6, 6.07) is 17.5. The van der Waals surface area contributed by atoms with Crippen LogP contribution in [0.1, 0.15) is 12.0 Å². The van der Waals surface area contributed by atoms with E-state index in [0.29, 0.717) is 18.6 Å². The summed E-state index contributed by atoms with van der Waals surface area (Å²) in [7, 11) is 0. The highest BCUT2D eigenvalue weighted by Gasteiger charge is 2.19. The lowest BCUT2D eigenvalue weighted by Crippen LogP contribution is -2.43. The molecular weight excluding hydrogens is 294 g/mol. The number of carbonyl (C=O) groups excluding carboxylic acids is 1. The maximum Gasteiger partial charge on any atom is 0.326 e. The number of para-hydroxylation sites is 1. The van der Waals surface area contributed by atoms with E-state index in [1.165, 1.54) is 0 Å². The van der Waals surface area contributed by atoms with Gasteiger partial charge in [0.05, 0.1) is 0 Å². The third kappa shape index (κ3) is 5.82. The van der Waals surface area contributed by atoms with Crippen LogP contribution < -0.4 is 10.1 Å². The fourth-order valence-corrected chi connectivity index (χ4v) is 2.11. The first-order valence-corrected chi connectivity index (χ1v) is 7.39. The van der Waals surface area contributed by atoms with Gasteiger partial charge >= 0.3 is 5.97 Å². The smallest absolute Gasteiger partial charge is 0.326 e. The van der Waals surface area contributed by atoms with E-state index in [0.717, 1.165) is 5.56 Å². The standard InChI is InChI=1S/C18H19NO4/c20-17(13-23-15-9-5-2-6-10-15)19-16(18(21)22)12-11-14-7-3-1-4-8-14/h1-10,16H,11-13H2,(H,19,20)(H,21,22)/t16-/m1/s1. The number of rotatable bonds is 8. The second-order valence-corrected chi connectivity index (χ2v) is 5.08. The van der Waals surface area contributed by atoms with Gasteiger partial charge in [-0.25, -0.2) is 4.79 Å². The van der Waals surface area contributed by atoms with Crippen LogP contribution in [-0.4, -0.2) is 29.6 Å². The van der Waals surface area contributed by atoms with Crippen molar-refractivity contribution >= 4 is 11.9 Å². The quantitative estimate of drug-likeness (QED) is 0.784. The Labute approximate surface area is 134 Å². The van der Waals surface area contributed by atoms with E-state index in [4.69, 9.17) is 4.74 Å². The summed E-state index contributed by atoms with van der Waals surface area (Å²) in [5, 5.41) is 11.7. The van der Waals surface area contributed by atoms with Gasteiger partial charge in [0.2, 0.25) is 0 Å². The molecule has 5 nitrogen and oxygen atoms in total. The third-order valence-electron chi connectivity index (χ3n) is 3.31. The van der Waals surface area contributed by atoms with Gasteiger partial charge < -0.3 is 15.2 Å². The van der Waals surface area contributed by atoms with Crippen LogP contribution in [0, 0.1) is 0 Å². The molecule has 1 amide bonds. The number of amides is 1. The van der Waals surface area contributed by atoms with Gasteiger partial charge in [-0.3, -0.25) is 4.79 Å². The van der Waals surface area contributed by atoms with Gasteiger partial charge in [-0.05, 0) is 30.5 Å². The topological polar surface area (TPSA) is 75.6 Å². The minimum Gasteiger partial charge on any atom is -0.484 e. The number of hydrogen-bond donors (Lipinski definition) is 2. The molecule has 0 bridgehead atoms. The highest BCUT2D eigenvalue weighted by atomic mass is 16.5. The molecule has 0 aliphatic carbocycles. The van der Waals surface area contributed by atoms with Gasteiger partial charge in [0.1, 0.15) is 11.8 Å². The van der Waals surface area contributed by atoms with Crippen LogP contribution in [0.3, 0.4) is 0 Å². The number of carboxylic acid groups (broad SMARTS) is 1. The van der Waals surface area contributed by atoms with E-state index in [9.17, 15) is 14.7 Å². The molecule has 0 fully saturated rings. The van der Waals surface area contributed by atoms with Gasteiger partial charge in [-0.2, -0.15) is 0 Å². The molecule has 2 N–H and O–H groups in total. The van der Waals surface area contributed by atoms with Crippen molar-refractivity contribution in [1.29, 1.82) is 0 Å². The second kappa shape index (κ2) is 8.58. The average Bonchev–Trinajstić information content (AvgIpc) is 2.58. The normalized spacial score (nSPS) is 11.5. The van der Waals surface area contributed by atoms with Gasteiger partial charge in [0, 0.05) is 0 Å². The minimum absolute atomic E-state index is 0.209. The lowest BCUT2D eigenvalue weighted by atomic mass is 10.1. The summed E-state index contributed by atoms with van der Waals surface area (Å²) >= 11 is 0. The monoisotopic (exact) mass is 313 g/mol. The first kappa shape index (κ1) is 16.5. The molecule has 0 aliphatic heterocycles. The van der Waals surface area contributed by atoms with Crippen molar-refractivity contribution in [3.63, 3.8) is 0 Å². The number of hydrogen-bond acceptors (Lipinski definition) is 3. The highest BCUT2D eigenvalue weighted by molar-refractivity contribution is 5.84. The Balaban J connectivity index is 1.81. The summed E-state index contributed by atoms with van der Waals surface area (Å²) < 4.78 is 5.31. The molecule has 120 valence electrons. The number of benzene rings is 2. The predicted molar refractivity (Wildman–Crippen MR) is 86.3 cm³/mol. The van der Waals surface area contributed by atoms with Gasteiger partial charge in [-0.15, -0.1) is 0 Å². The molecule has 0 saturated carbocycles. The van der Waals surface area contributed by atoms with Gasteiger partial charge in [0.15, 0.2) is 6.61 Å². The van der Waals surface area contributed by atoms with Crippen LogP contribution in [0.15, 0.2) is 60.7 Å². The fourth-order valence-electron chi connectivity index (χ4n) is 2.11. The summed E-state index contributed by atoms with van der Waals surface area (Å²) in [6.45, 7) is -0.209. The molecule has 5 heteroatoms. The molecule has 0 aromatic heterocycles. The summed E-state index contributed by atoms with van der Waals surface area (Å²) in [5.41, 5.74) is 1.04. The molecule has 0 radical (unpaired) electrons. The van der Waals surface area contributed by atoms with Crippen molar-refractivity contribution in [3.8, 4) is 5.75 Å². The van der Waals surface area contributed by atoms with E-state index >= 15 is 0 Å². The van der Waals surface area contributed by atoms with E-state index in [1.807, 2.05) is 36.4 Å². The average molecular weight is 313 g/mol. The van der Waals surface area contributed by atoms with Crippen molar-refractivity contribution in [3.05, 3.63) is 66.2 Å². The number of ether oxygens (including phenoxy) is 1. The largest absolute Gasteiger partial charge is 0.484 e. The first-order chi connectivity index (χ1) is 11.1. The van der Waals surface area contributed by atoms with Crippen LogP contribution >= 0.6 is 0 Å². The molecule has 2 aromatic rings. The zero-order chi connectivity index (χ0) is 16.5. The number of carboxylic acids is 1. The first-order valence-electron chi connectivity index (χ1n) is 7.39. The molecule has 1 atom stereocenters. The number of carbonyl (C=O) groups is 2. The van der Waals surface area contributed by atoms with Crippen molar-refractivity contribution < 1.29 is 19.4 Å². The molecule has 23 heavy (non-hydrogen) atoms. The molecule has 0 spiro atoms. The highest BCUT2D eigenvalue weighted by Crippen LogP contribution is 2.08. The molecule has 2 aromatic carbocycles. The lowest BCUT2D eigenvalue weighted by molar-refractivity contribution is -0.142. The second-order valence-electron chi connectivity index (χ2n) is 5.08. The summed E-state index contributed by atoms with van der Waals surface area (Å²) in [4.78, 5) is 23.1. The molecule has 0 saturated heterocycles. The van der Waals surface area contributed by atoms with E-state index in [1.54, 1.807) is 24.3 Å². The Morgan fingerprint density at radius 2 is 1.61 bits per heavy atom. The minimum atomic E-state index is -1.05. The van der Waals surface area contributed by atoms with Gasteiger partial charge in [-0.1, -0.05) is 48.5 Å². The predicted octanol–water partition coefficient (Wildman–Crippen LogP) is 2.27. The number of aliphatic carboxylic acids is 1. The third-order valence-corrected chi connectivity index (χ3v) is 3.31. The molecule has 0 unspecified atom stereocenters. The van der Waals surface area contributed by atoms with Crippen molar-refractivity contribution in [2.45, 2.75) is 18.9 Å². The maximum absolute atomic E-state index is 11.8. The van der Waals surface area contributed by atoms with Crippen LogP contribution in [0.2, 0.25) is 0 Å². The van der Waals surface area contributed by atoms with E-state index in [-0.39, 0.29) is 6.61 Å². The van der Waals surface area contributed by atoms with E-state index < -0.39 is 17.9 Å². The SMILES string of the molecule is O=C(COc1ccccc1)N[C@H](CCc1ccccc1)C(=O)O. The van der Waals surface area contributed by atoms with Crippen LogP contribution in [0.25, 0.3) is 0 Å². The Morgan fingerprint density at radius 1 is 1.00 bits per heavy atom. The van der Waals surface area contributed by atoms with Crippen LogP contribution in [0.4, 0.5) is 0 Å². The summed E-state index contributed by atoms with van der Waals surface area (Å²) in [6.07, 6.45) is 0.911. The van der Waals surface area contributed by atoms with Gasteiger partial charge in [0.25, 0.3) is 5.91 Å². The zero-order valence-electron chi connectivity index (χ0n) is 12.6. The fraction of sp³-hybridized carbons (Fsp3) is 0.222. The summed E-state index contributed by atoms with van der Waals surface area (Å²) in [5.74, 6) is -0.929. The van der Waals surface area contributed by atoms with Crippen LogP contribution in [-0.2, 0) is 16.0 Å². The van der Waals surface area contributed by atoms with Crippen molar-refractivity contribution in [2.24, 2.45) is 0 Å². The van der Waals surface area contributed by atoms with Crippen molar-refractivity contribution in [1.82, 2.24) is 5.32 Å². The molecule has 2 rings (SSSR count).